The van der Waals surface area contributed by atoms with Crippen molar-refractivity contribution in [1.29, 1.82) is 0 Å². The monoisotopic (exact) mass is 209 g/mol. The molecular formula is C12H19NO2. The fraction of sp³-hybridized carbons (Fsp3) is 0.500. The maximum atomic E-state index is 5.74. The smallest absolute Gasteiger partial charge is 0.161 e. The Morgan fingerprint density at radius 3 is 2.60 bits per heavy atom. The minimum Gasteiger partial charge on any atom is -0.493 e. The average Bonchev–Trinajstić information content (AvgIpc) is 2.20. The fourth-order valence-corrected chi connectivity index (χ4v) is 1.49. The molecule has 15 heavy (non-hydrogen) atoms. The first-order chi connectivity index (χ1) is 7.17. The molecule has 0 aliphatic heterocycles. The van der Waals surface area contributed by atoms with Crippen molar-refractivity contribution in [2.24, 2.45) is 5.73 Å². The largest absolute Gasteiger partial charge is 0.493 e. The minimum absolute atomic E-state index is 0.160. The Morgan fingerprint density at radius 2 is 2.07 bits per heavy atom. The lowest BCUT2D eigenvalue weighted by atomic mass is 10.1. The SMILES string of the molecule is CCOc1ccc(CC(C)N)cc1OC. The quantitative estimate of drug-likeness (QED) is 0.806. The van der Waals surface area contributed by atoms with Crippen LogP contribution in [0.3, 0.4) is 0 Å². The van der Waals surface area contributed by atoms with E-state index < -0.39 is 0 Å². The molecule has 1 aromatic carbocycles. The van der Waals surface area contributed by atoms with Gasteiger partial charge in [-0.1, -0.05) is 6.07 Å². The number of nitrogens with two attached hydrogens (primary N) is 1. The molecule has 1 atom stereocenters. The summed E-state index contributed by atoms with van der Waals surface area (Å²) in [6.45, 7) is 4.58. The highest BCUT2D eigenvalue weighted by molar-refractivity contribution is 5.43. The molecule has 0 heterocycles. The highest BCUT2D eigenvalue weighted by Gasteiger charge is 2.06. The first kappa shape index (κ1) is 11.9. The number of hydrogen-bond acceptors (Lipinski definition) is 3. The summed E-state index contributed by atoms with van der Waals surface area (Å²) in [5.74, 6) is 1.56. The molecule has 0 aromatic heterocycles. The molecule has 1 aromatic rings. The molecule has 0 fully saturated rings. The van der Waals surface area contributed by atoms with Gasteiger partial charge >= 0.3 is 0 Å². The molecule has 0 aliphatic carbocycles. The van der Waals surface area contributed by atoms with Crippen molar-refractivity contribution < 1.29 is 9.47 Å². The maximum Gasteiger partial charge on any atom is 0.161 e. The van der Waals surface area contributed by atoms with E-state index in [1.165, 1.54) is 5.56 Å². The Kier molecular flexibility index (Phi) is 4.43. The lowest BCUT2D eigenvalue weighted by Crippen LogP contribution is -2.17. The first-order valence-corrected chi connectivity index (χ1v) is 5.22. The van der Waals surface area contributed by atoms with Crippen LogP contribution in [0.5, 0.6) is 11.5 Å². The summed E-state index contributed by atoms with van der Waals surface area (Å²) in [6, 6.07) is 6.10. The summed E-state index contributed by atoms with van der Waals surface area (Å²) < 4.78 is 10.7. The Morgan fingerprint density at radius 1 is 1.33 bits per heavy atom. The molecule has 0 aliphatic rings. The Hall–Kier alpha value is -1.22. The van der Waals surface area contributed by atoms with Crippen molar-refractivity contribution >= 4 is 0 Å². The van der Waals surface area contributed by atoms with E-state index in [-0.39, 0.29) is 6.04 Å². The molecule has 0 spiro atoms. The van der Waals surface area contributed by atoms with Crippen LogP contribution in [0.1, 0.15) is 19.4 Å². The van der Waals surface area contributed by atoms with Crippen LogP contribution in [0.15, 0.2) is 18.2 Å². The molecule has 0 bridgehead atoms. The molecule has 2 N–H and O–H groups in total. The van der Waals surface area contributed by atoms with Crippen molar-refractivity contribution in [2.75, 3.05) is 13.7 Å². The van der Waals surface area contributed by atoms with Gasteiger partial charge < -0.3 is 15.2 Å². The second-order valence-corrected chi connectivity index (χ2v) is 3.60. The van der Waals surface area contributed by atoms with Gasteiger partial charge in [0, 0.05) is 6.04 Å². The van der Waals surface area contributed by atoms with E-state index in [0.29, 0.717) is 6.61 Å². The third-order valence-corrected chi connectivity index (χ3v) is 2.09. The van der Waals surface area contributed by atoms with Crippen LogP contribution in [-0.2, 0) is 6.42 Å². The lowest BCUT2D eigenvalue weighted by molar-refractivity contribution is 0.310. The summed E-state index contributed by atoms with van der Waals surface area (Å²) in [5, 5.41) is 0. The normalized spacial score (nSPS) is 12.3. The summed E-state index contributed by atoms with van der Waals surface area (Å²) in [4.78, 5) is 0. The van der Waals surface area contributed by atoms with Crippen molar-refractivity contribution in [3.63, 3.8) is 0 Å². The van der Waals surface area contributed by atoms with Gasteiger partial charge in [-0.05, 0) is 38.0 Å². The van der Waals surface area contributed by atoms with Gasteiger partial charge in [-0.3, -0.25) is 0 Å². The van der Waals surface area contributed by atoms with Gasteiger partial charge in [0.15, 0.2) is 11.5 Å². The number of methoxy groups -OCH3 is 1. The summed E-state index contributed by atoms with van der Waals surface area (Å²) in [7, 11) is 1.65. The topological polar surface area (TPSA) is 44.5 Å². The van der Waals surface area contributed by atoms with Gasteiger partial charge in [0.1, 0.15) is 0 Å². The average molecular weight is 209 g/mol. The molecular weight excluding hydrogens is 190 g/mol. The van der Waals surface area contributed by atoms with Crippen molar-refractivity contribution in [3.05, 3.63) is 23.8 Å². The fourth-order valence-electron chi connectivity index (χ4n) is 1.49. The van der Waals surface area contributed by atoms with Crippen molar-refractivity contribution in [2.45, 2.75) is 26.3 Å². The van der Waals surface area contributed by atoms with E-state index in [1.807, 2.05) is 32.0 Å². The van der Waals surface area contributed by atoms with E-state index >= 15 is 0 Å². The van der Waals surface area contributed by atoms with Gasteiger partial charge in [-0.2, -0.15) is 0 Å². The van der Waals surface area contributed by atoms with Crippen LogP contribution in [0.2, 0.25) is 0 Å². The Labute approximate surface area is 91.2 Å². The van der Waals surface area contributed by atoms with E-state index in [1.54, 1.807) is 7.11 Å². The molecule has 0 saturated carbocycles. The third-order valence-electron chi connectivity index (χ3n) is 2.09. The van der Waals surface area contributed by atoms with E-state index in [2.05, 4.69) is 0 Å². The molecule has 3 nitrogen and oxygen atoms in total. The van der Waals surface area contributed by atoms with Crippen LogP contribution in [0, 0.1) is 0 Å². The number of ether oxygens (including phenoxy) is 2. The molecule has 0 amide bonds. The van der Waals surface area contributed by atoms with Crippen LogP contribution in [-0.4, -0.2) is 19.8 Å². The maximum absolute atomic E-state index is 5.74. The third kappa shape index (κ3) is 3.44. The molecule has 84 valence electrons. The standard InChI is InChI=1S/C12H19NO2/c1-4-15-11-6-5-10(7-9(2)13)8-12(11)14-3/h5-6,8-9H,4,7,13H2,1-3H3. The zero-order chi connectivity index (χ0) is 11.3. The number of hydrogen-bond donors (Lipinski definition) is 1. The number of rotatable bonds is 5. The van der Waals surface area contributed by atoms with Crippen molar-refractivity contribution in [3.8, 4) is 11.5 Å². The van der Waals surface area contributed by atoms with Crippen LogP contribution in [0.4, 0.5) is 0 Å². The lowest BCUT2D eigenvalue weighted by Gasteiger charge is -2.11. The Bertz CT molecular complexity index is 310. The zero-order valence-corrected chi connectivity index (χ0v) is 9.62. The van der Waals surface area contributed by atoms with Crippen LogP contribution < -0.4 is 15.2 Å². The zero-order valence-electron chi connectivity index (χ0n) is 9.62. The van der Waals surface area contributed by atoms with E-state index in [9.17, 15) is 0 Å². The highest BCUT2D eigenvalue weighted by atomic mass is 16.5. The van der Waals surface area contributed by atoms with Gasteiger partial charge in [0.25, 0.3) is 0 Å². The second kappa shape index (κ2) is 5.61. The summed E-state index contributed by atoms with van der Waals surface area (Å²) >= 11 is 0. The predicted octanol–water partition coefficient (Wildman–Crippen LogP) is 1.98. The van der Waals surface area contributed by atoms with Gasteiger partial charge in [0.05, 0.1) is 13.7 Å². The van der Waals surface area contributed by atoms with E-state index in [4.69, 9.17) is 15.2 Å². The molecule has 0 saturated heterocycles. The minimum atomic E-state index is 0.160. The van der Waals surface area contributed by atoms with Gasteiger partial charge in [-0.25, -0.2) is 0 Å². The van der Waals surface area contributed by atoms with Gasteiger partial charge in [0.2, 0.25) is 0 Å². The van der Waals surface area contributed by atoms with Crippen LogP contribution in [0.25, 0.3) is 0 Å². The van der Waals surface area contributed by atoms with E-state index in [0.717, 1.165) is 17.9 Å². The van der Waals surface area contributed by atoms with Crippen molar-refractivity contribution in [1.82, 2.24) is 0 Å². The predicted molar refractivity (Wildman–Crippen MR) is 61.5 cm³/mol. The number of benzene rings is 1. The highest BCUT2D eigenvalue weighted by Crippen LogP contribution is 2.28. The molecule has 3 heteroatoms. The van der Waals surface area contributed by atoms with Gasteiger partial charge in [-0.15, -0.1) is 0 Å². The summed E-state index contributed by atoms with van der Waals surface area (Å²) in [6.07, 6.45) is 0.850. The summed E-state index contributed by atoms with van der Waals surface area (Å²) in [5.41, 5.74) is 6.91. The van der Waals surface area contributed by atoms with Crippen LogP contribution >= 0.6 is 0 Å². The molecule has 1 unspecified atom stereocenters. The second-order valence-electron chi connectivity index (χ2n) is 3.60. The first-order valence-electron chi connectivity index (χ1n) is 5.22. The Balaban J connectivity index is 2.86. The molecule has 1 rings (SSSR count). The molecule has 0 radical (unpaired) electrons.